The average Bonchev–Trinajstić information content (AvgIpc) is 3.87. The summed E-state index contributed by atoms with van der Waals surface area (Å²) in [6.45, 7) is 11.8. The first-order valence-electron chi connectivity index (χ1n) is 17.2. The van der Waals surface area contributed by atoms with E-state index in [1.807, 2.05) is 72.8 Å². The van der Waals surface area contributed by atoms with Gasteiger partial charge in [0.1, 0.15) is 0 Å². The minimum Gasteiger partial charge on any atom is -0.341 e. The fourth-order valence-corrected chi connectivity index (χ4v) is 7.79. The number of oxime groups is 2. The lowest BCUT2D eigenvalue weighted by Crippen LogP contribution is -2.00. The van der Waals surface area contributed by atoms with Gasteiger partial charge >= 0.3 is 11.9 Å². The smallest absolute Gasteiger partial charge is 0.331 e. The van der Waals surface area contributed by atoms with Crippen LogP contribution in [0.3, 0.4) is 0 Å². The van der Waals surface area contributed by atoms with Gasteiger partial charge in [-0.1, -0.05) is 22.4 Å². The molecule has 0 amide bonds. The summed E-state index contributed by atoms with van der Waals surface area (Å²) in [4.78, 5) is 61.1. The van der Waals surface area contributed by atoms with Gasteiger partial charge in [-0.3, -0.25) is 9.59 Å². The topological polar surface area (TPSA) is 121 Å². The number of aromatic nitrogens is 2. The van der Waals surface area contributed by atoms with Crippen LogP contribution in [-0.4, -0.2) is 44.1 Å². The standard InChI is InChI=1S/C42H36N4O6S/c1-7-45-35-13-9-27(23(3)43-51-25(5)47)19-31(35)33-21-29(11-15-37(33)45)41(49)39-17-18-40(53-39)42(50)30-12-16-38-34(22-30)32-20-28(24(4)44-52-26(6)48)10-14-36(32)46(38)8-2/h9-22H,7-8H2,1-6H3/b43-23-,44-24-. The molecule has 11 heteroatoms. The maximum absolute atomic E-state index is 13.9. The van der Waals surface area contributed by atoms with Gasteiger partial charge in [-0.25, -0.2) is 9.59 Å². The zero-order chi connectivity index (χ0) is 37.6. The molecule has 7 rings (SSSR count). The number of hydrogen-bond donors (Lipinski definition) is 0. The van der Waals surface area contributed by atoms with Crippen molar-refractivity contribution in [1.29, 1.82) is 0 Å². The molecule has 0 unspecified atom stereocenters. The van der Waals surface area contributed by atoms with Crippen molar-refractivity contribution in [3.05, 3.63) is 117 Å². The Bertz CT molecular complexity index is 2540. The van der Waals surface area contributed by atoms with Crippen LogP contribution in [0.1, 0.15) is 83.1 Å². The Kier molecular flexibility index (Phi) is 9.35. The van der Waals surface area contributed by atoms with E-state index >= 15 is 0 Å². The Balaban J connectivity index is 1.22. The van der Waals surface area contributed by atoms with Crippen LogP contribution in [0.5, 0.6) is 0 Å². The molecule has 0 aliphatic heterocycles. The maximum Gasteiger partial charge on any atom is 0.331 e. The molecule has 0 N–H and O–H groups in total. The van der Waals surface area contributed by atoms with Crippen molar-refractivity contribution >= 4 is 89.9 Å². The molecule has 0 aliphatic rings. The van der Waals surface area contributed by atoms with Crippen LogP contribution in [0.4, 0.5) is 0 Å². The van der Waals surface area contributed by atoms with Crippen molar-refractivity contribution in [2.24, 2.45) is 10.3 Å². The normalized spacial score (nSPS) is 12.3. The second-order valence-corrected chi connectivity index (χ2v) is 13.8. The van der Waals surface area contributed by atoms with Gasteiger partial charge in [0.15, 0.2) is 0 Å². The SMILES string of the molecule is CCn1c2ccc(C(=O)c3ccc(C(=O)c4ccc5c(c4)c4cc(/C(C)=N\OC(C)=O)ccc4n5CC)s3)cc2c2cc(/C(C)=N\OC(C)=O)ccc21. The Hall–Kier alpha value is -6.20. The van der Waals surface area contributed by atoms with Crippen LogP contribution in [0.2, 0.25) is 0 Å². The Labute approximate surface area is 308 Å². The lowest BCUT2D eigenvalue weighted by atomic mass is 10.0. The Morgan fingerprint density at radius 2 is 0.830 bits per heavy atom. The molecule has 3 aromatic heterocycles. The molecule has 266 valence electrons. The summed E-state index contributed by atoms with van der Waals surface area (Å²) in [6, 6.07) is 26.7. The van der Waals surface area contributed by atoms with Crippen molar-refractivity contribution in [3.63, 3.8) is 0 Å². The van der Waals surface area contributed by atoms with E-state index in [4.69, 9.17) is 9.68 Å². The van der Waals surface area contributed by atoms with E-state index in [2.05, 4.69) is 33.3 Å². The largest absolute Gasteiger partial charge is 0.341 e. The lowest BCUT2D eigenvalue weighted by molar-refractivity contribution is -0.141. The van der Waals surface area contributed by atoms with E-state index in [0.717, 1.165) is 67.8 Å². The monoisotopic (exact) mass is 724 g/mol. The van der Waals surface area contributed by atoms with Gasteiger partial charge in [-0.2, -0.15) is 0 Å². The van der Waals surface area contributed by atoms with Crippen molar-refractivity contribution in [1.82, 2.24) is 9.13 Å². The quantitative estimate of drug-likeness (QED) is 0.0601. The zero-order valence-corrected chi connectivity index (χ0v) is 31.0. The number of ketones is 2. The van der Waals surface area contributed by atoms with Crippen LogP contribution in [0, 0.1) is 0 Å². The van der Waals surface area contributed by atoms with E-state index in [0.29, 0.717) is 32.3 Å². The molecule has 0 bridgehead atoms. The minimum atomic E-state index is -0.495. The zero-order valence-electron chi connectivity index (χ0n) is 30.1. The summed E-state index contributed by atoms with van der Waals surface area (Å²) in [5.74, 6) is -1.33. The van der Waals surface area contributed by atoms with Gasteiger partial charge in [0.25, 0.3) is 0 Å². The maximum atomic E-state index is 13.9. The van der Waals surface area contributed by atoms with E-state index in [9.17, 15) is 19.2 Å². The third-order valence-electron chi connectivity index (χ3n) is 9.40. The fourth-order valence-electron chi connectivity index (χ4n) is 6.86. The molecule has 4 aromatic carbocycles. The first-order valence-corrected chi connectivity index (χ1v) is 18.1. The average molecular weight is 725 g/mol. The molecule has 0 spiro atoms. The predicted octanol–water partition coefficient (Wildman–Crippen LogP) is 9.04. The third-order valence-corrected chi connectivity index (χ3v) is 10.5. The highest BCUT2D eigenvalue weighted by molar-refractivity contribution is 7.16. The second kappa shape index (κ2) is 14.1. The van der Waals surface area contributed by atoms with E-state index in [-0.39, 0.29) is 11.6 Å². The minimum absolute atomic E-state index is 0.170. The molecule has 0 fully saturated rings. The summed E-state index contributed by atoms with van der Waals surface area (Å²) in [6.07, 6.45) is 0. The molecule has 7 aromatic rings. The van der Waals surface area contributed by atoms with Crippen LogP contribution < -0.4 is 0 Å². The molecule has 0 saturated heterocycles. The van der Waals surface area contributed by atoms with Gasteiger partial charge in [-0.05, 0) is 112 Å². The first kappa shape index (κ1) is 35.2. The van der Waals surface area contributed by atoms with Crippen LogP contribution in [0.25, 0.3) is 43.6 Å². The Morgan fingerprint density at radius 3 is 1.15 bits per heavy atom. The predicted molar refractivity (Wildman–Crippen MR) is 209 cm³/mol. The molecule has 0 saturated carbocycles. The number of thiophene rings is 1. The molecular weight excluding hydrogens is 689 g/mol. The first-order chi connectivity index (χ1) is 25.5. The van der Waals surface area contributed by atoms with Gasteiger partial charge in [0.2, 0.25) is 11.6 Å². The summed E-state index contributed by atoms with van der Waals surface area (Å²) in [7, 11) is 0. The van der Waals surface area contributed by atoms with Crippen LogP contribution in [-0.2, 0) is 32.4 Å². The lowest BCUT2D eigenvalue weighted by Gasteiger charge is -2.04. The van der Waals surface area contributed by atoms with Gasteiger partial charge in [0.05, 0.1) is 21.2 Å². The summed E-state index contributed by atoms with van der Waals surface area (Å²) in [5.41, 5.74) is 7.76. The molecule has 3 heterocycles. The number of rotatable bonds is 10. The van der Waals surface area contributed by atoms with Crippen LogP contribution in [0.15, 0.2) is 95.2 Å². The van der Waals surface area contributed by atoms with Crippen LogP contribution >= 0.6 is 11.3 Å². The summed E-state index contributed by atoms with van der Waals surface area (Å²) in [5, 5.41) is 11.6. The number of carbonyl (C=O) groups is 4. The van der Waals surface area contributed by atoms with E-state index < -0.39 is 11.9 Å². The highest BCUT2D eigenvalue weighted by Gasteiger charge is 2.21. The highest BCUT2D eigenvalue weighted by atomic mass is 32.1. The molecule has 10 nitrogen and oxygen atoms in total. The number of carbonyl (C=O) groups excluding carboxylic acids is 4. The van der Waals surface area contributed by atoms with E-state index in [1.165, 1.54) is 25.2 Å². The third kappa shape index (κ3) is 6.44. The molecule has 0 atom stereocenters. The summed E-state index contributed by atoms with van der Waals surface area (Å²) >= 11 is 1.18. The van der Waals surface area contributed by atoms with Crippen molar-refractivity contribution in [2.45, 2.75) is 54.6 Å². The molecular formula is C42H36N4O6S. The van der Waals surface area contributed by atoms with Gasteiger partial charge in [-0.15, -0.1) is 11.3 Å². The fraction of sp³-hybridized carbons (Fsp3) is 0.190. The second-order valence-electron chi connectivity index (χ2n) is 12.8. The molecule has 53 heavy (non-hydrogen) atoms. The number of nitrogens with zero attached hydrogens (tertiary/aromatic N) is 4. The van der Waals surface area contributed by atoms with Crippen molar-refractivity contribution in [2.75, 3.05) is 0 Å². The van der Waals surface area contributed by atoms with Crippen molar-refractivity contribution in [3.8, 4) is 0 Å². The molecule has 0 aliphatic carbocycles. The highest BCUT2D eigenvalue weighted by Crippen LogP contribution is 2.34. The number of fused-ring (bicyclic) bond motifs is 6. The van der Waals surface area contributed by atoms with E-state index in [1.54, 1.807) is 26.0 Å². The summed E-state index contributed by atoms with van der Waals surface area (Å²) < 4.78 is 4.38. The Morgan fingerprint density at radius 1 is 0.509 bits per heavy atom. The molecule has 0 radical (unpaired) electrons. The van der Waals surface area contributed by atoms with Gasteiger partial charge in [0, 0.05) is 81.7 Å². The number of aryl methyl sites for hydroxylation is 2. The van der Waals surface area contributed by atoms with Gasteiger partial charge < -0.3 is 18.8 Å². The number of hydrogen-bond acceptors (Lipinski definition) is 9. The van der Waals surface area contributed by atoms with Crippen molar-refractivity contribution < 1.29 is 28.9 Å². The number of benzene rings is 4.